The van der Waals surface area contributed by atoms with Crippen LogP contribution in [-0.4, -0.2) is 59.9 Å². The Bertz CT molecular complexity index is 475. The summed E-state index contributed by atoms with van der Waals surface area (Å²) < 4.78 is 0. The molecule has 4 rings (SSSR count). The molecule has 0 aromatic heterocycles. The van der Waals surface area contributed by atoms with E-state index < -0.39 is 0 Å². The molecule has 3 aliphatic heterocycles. The normalized spacial score (nSPS) is 36.7. The standard InChI is InChI=1S/C19H31N3O2/c23-18(21-11-3-4-12-21)16-5-1-2-6-17(16)19(24)22-14-7-8-15(22)13-20-10-9-14/h14-17,20H,1-13H2. The number of carbonyl (C=O) groups excluding carboxylic acids is 2. The van der Waals surface area contributed by atoms with Crippen molar-refractivity contribution in [3.8, 4) is 0 Å². The van der Waals surface area contributed by atoms with Crippen molar-refractivity contribution in [3.63, 3.8) is 0 Å². The number of rotatable bonds is 2. The monoisotopic (exact) mass is 333 g/mol. The van der Waals surface area contributed by atoms with Crippen molar-refractivity contribution in [1.82, 2.24) is 15.1 Å². The highest BCUT2D eigenvalue weighted by molar-refractivity contribution is 5.88. The van der Waals surface area contributed by atoms with Crippen molar-refractivity contribution in [2.45, 2.75) is 69.9 Å². The zero-order valence-corrected chi connectivity index (χ0v) is 14.7. The first kappa shape index (κ1) is 16.4. The quantitative estimate of drug-likeness (QED) is 0.838. The molecule has 3 saturated heterocycles. The predicted molar refractivity (Wildman–Crippen MR) is 92.4 cm³/mol. The number of fused-ring (bicyclic) bond motifs is 2. The first-order chi connectivity index (χ1) is 11.8. The molecule has 3 heterocycles. The van der Waals surface area contributed by atoms with E-state index in [2.05, 4.69) is 10.2 Å². The van der Waals surface area contributed by atoms with Crippen LogP contribution in [0.3, 0.4) is 0 Å². The summed E-state index contributed by atoms with van der Waals surface area (Å²) in [7, 11) is 0. The van der Waals surface area contributed by atoms with Crippen LogP contribution in [0.15, 0.2) is 0 Å². The zero-order valence-electron chi connectivity index (χ0n) is 14.7. The molecule has 0 radical (unpaired) electrons. The highest BCUT2D eigenvalue weighted by Crippen LogP contribution is 2.37. The molecule has 5 nitrogen and oxygen atoms in total. The van der Waals surface area contributed by atoms with E-state index in [0.717, 1.165) is 84.0 Å². The summed E-state index contributed by atoms with van der Waals surface area (Å²) in [6, 6.07) is 0.761. The topological polar surface area (TPSA) is 52.7 Å². The Balaban J connectivity index is 1.51. The highest BCUT2D eigenvalue weighted by Gasteiger charge is 2.45. The maximum Gasteiger partial charge on any atom is 0.227 e. The van der Waals surface area contributed by atoms with E-state index in [1.165, 1.54) is 0 Å². The maximum atomic E-state index is 13.4. The number of amides is 2. The lowest BCUT2D eigenvalue weighted by atomic mass is 9.77. The molecule has 0 spiro atoms. The Morgan fingerprint density at radius 2 is 1.42 bits per heavy atom. The van der Waals surface area contributed by atoms with Crippen LogP contribution in [0.25, 0.3) is 0 Å². The van der Waals surface area contributed by atoms with Crippen molar-refractivity contribution in [2.24, 2.45) is 11.8 Å². The van der Waals surface area contributed by atoms with Crippen LogP contribution in [0.5, 0.6) is 0 Å². The summed E-state index contributed by atoms with van der Waals surface area (Å²) in [5, 5.41) is 3.48. The molecule has 4 unspecified atom stereocenters. The van der Waals surface area contributed by atoms with Crippen LogP contribution in [-0.2, 0) is 9.59 Å². The SMILES string of the molecule is O=C(C1CCCCC1C(=O)N1C2CCNCC1CC2)N1CCCC1. The molecule has 4 fully saturated rings. The maximum absolute atomic E-state index is 13.4. The second-order valence-corrected chi connectivity index (χ2v) is 8.15. The predicted octanol–water partition coefficient (Wildman–Crippen LogP) is 1.77. The lowest BCUT2D eigenvalue weighted by Crippen LogP contribution is -2.50. The van der Waals surface area contributed by atoms with Gasteiger partial charge in [-0.25, -0.2) is 0 Å². The highest BCUT2D eigenvalue weighted by atomic mass is 16.2. The summed E-state index contributed by atoms with van der Waals surface area (Å²) in [6.45, 7) is 3.75. The summed E-state index contributed by atoms with van der Waals surface area (Å²) in [5.41, 5.74) is 0. The second-order valence-electron chi connectivity index (χ2n) is 8.15. The van der Waals surface area contributed by atoms with Gasteiger partial charge >= 0.3 is 0 Å². The fraction of sp³-hybridized carbons (Fsp3) is 0.895. The average Bonchev–Trinajstić information content (AvgIpc) is 3.21. The molecule has 1 N–H and O–H groups in total. The van der Waals surface area contributed by atoms with Gasteiger partial charge in [-0.1, -0.05) is 12.8 Å². The van der Waals surface area contributed by atoms with Gasteiger partial charge in [0, 0.05) is 43.6 Å². The van der Waals surface area contributed by atoms with Crippen molar-refractivity contribution >= 4 is 11.8 Å². The van der Waals surface area contributed by atoms with Gasteiger partial charge in [-0.15, -0.1) is 0 Å². The van der Waals surface area contributed by atoms with Gasteiger partial charge in [0.2, 0.25) is 11.8 Å². The Labute approximate surface area is 145 Å². The largest absolute Gasteiger partial charge is 0.342 e. The van der Waals surface area contributed by atoms with Crippen LogP contribution < -0.4 is 5.32 Å². The molecule has 24 heavy (non-hydrogen) atoms. The van der Waals surface area contributed by atoms with Crippen molar-refractivity contribution < 1.29 is 9.59 Å². The minimum atomic E-state index is -0.0620. The Hall–Kier alpha value is -1.10. The van der Waals surface area contributed by atoms with Gasteiger partial charge in [-0.05, 0) is 51.5 Å². The minimum Gasteiger partial charge on any atom is -0.342 e. The molecule has 1 aliphatic carbocycles. The molecule has 0 aromatic rings. The van der Waals surface area contributed by atoms with Gasteiger partial charge in [0.05, 0.1) is 0 Å². The zero-order chi connectivity index (χ0) is 16.5. The molecular weight excluding hydrogens is 302 g/mol. The van der Waals surface area contributed by atoms with Crippen LogP contribution in [0.2, 0.25) is 0 Å². The van der Waals surface area contributed by atoms with E-state index in [1.54, 1.807) is 0 Å². The van der Waals surface area contributed by atoms with Crippen LogP contribution in [0.1, 0.15) is 57.8 Å². The summed E-state index contributed by atoms with van der Waals surface area (Å²) in [4.78, 5) is 30.6. The molecule has 134 valence electrons. The Kier molecular flexibility index (Phi) is 4.79. The van der Waals surface area contributed by atoms with Crippen molar-refractivity contribution in [1.29, 1.82) is 0 Å². The number of likely N-dealkylation sites (tertiary alicyclic amines) is 1. The third-order valence-electron chi connectivity index (χ3n) is 6.73. The number of hydrogen-bond acceptors (Lipinski definition) is 3. The number of hydrogen-bond donors (Lipinski definition) is 1. The Morgan fingerprint density at radius 3 is 2.17 bits per heavy atom. The number of nitrogens with one attached hydrogen (secondary N) is 1. The molecule has 0 aromatic carbocycles. The number of nitrogens with zero attached hydrogens (tertiary/aromatic N) is 2. The van der Waals surface area contributed by atoms with Crippen LogP contribution >= 0.6 is 0 Å². The van der Waals surface area contributed by atoms with E-state index in [9.17, 15) is 9.59 Å². The van der Waals surface area contributed by atoms with E-state index in [4.69, 9.17) is 0 Å². The fourth-order valence-corrected chi connectivity index (χ4v) is 5.43. The van der Waals surface area contributed by atoms with Gasteiger partial charge in [-0.2, -0.15) is 0 Å². The molecule has 5 heteroatoms. The van der Waals surface area contributed by atoms with Gasteiger partial charge in [0.15, 0.2) is 0 Å². The van der Waals surface area contributed by atoms with Gasteiger partial charge in [-0.3, -0.25) is 9.59 Å². The van der Waals surface area contributed by atoms with Gasteiger partial charge in [0.1, 0.15) is 0 Å². The van der Waals surface area contributed by atoms with E-state index >= 15 is 0 Å². The van der Waals surface area contributed by atoms with Crippen LogP contribution in [0, 0.1) is 11.8 Å². The van der Waals surface area contributed by atoms with E-state index in [1.807, 2.05) is 4.90 Å². The first-order valence-electron chi connectivity index (χ1n) is 10.1. The smallest absolute Gasteiger partial charge is 0.227 e. The second kappa shape index (κ2) is 7.03. The van der Waals surface area contributed by atoms with E-state index in [0.29, 0.717) is 18.0 Å². The van der Waals surface area contributed by atoms with Gasteiger partial charge < -0.3 is 15.1 Å². The molecule has 2 amide bonds. The Morgan fingerprint density at radius 1 is 0.750 bits per heavy atom. The molecule has 2 bridgehead atoms. The number of carbonyl (C=O) groups is 2. The van der Waals surface area contributed by atoms with Crippen molar-refractivity contribution in [2.75, 3.05) is 26.2 Å². The van der Waals surface area contributed by atoms with Crippen molar-refractivity contribution in [3.05, 3.63) is 0 Å². The van der Waals surface area contributed by atoms with Gasteiger partial charge in [0.25, 0.3) is 0 Å². The molecule has 4 aliphatic rings. The lowest BCUT2D eigenvalue weighted by molar-refractivity contribution is -0.149. The summed E-state index contributed by atoms with van der Waals surface area (Å²) in [6.07, 6.45) is 9.61. The third-order valence-corrected chi connectivity index (χ3v) is 6.73. The molecular formula is C19H31N3O2. The lowest BCUT2D eigenvalue weighted by Gasteiger charge is -2.37. The minimum absolute atomic E-state index is 0.0556. The third kappa shape index (κ3) is 2.96. The van der Waals surface area contributed by atoms with Crippen LogP contribution in [0.4, 0.5) is 0 Å². The summed E-state index contributed by atoms with van der Waals surface area (Å²) >= 11 is 0. The van der Waals surface area contributed by atoms with E-state index in [-0.39, 0.29) is 17.7 Å². The first-order valence-corrected chi connectivity index (χ1v) is 10.1. The molecule has 1 saturated carbocycles. The average molecular weight is 333 g/mol. The fourth-order valence-electron chi connectivity index (χ4n) is 5.43. The summed E-state index contributed by atoms with van der Waals surface area (Å²) in [5.74, 6) is 0.447. The molecule has 4 atom stereocenters.